The fraction of sp³-hybridized carbons (Fsp3) is 0.818. The Labute approximate surface area is 102 Å². The first-order valence-corrected chi connectivity index (χ1v) is 5.71. The molecule has 2 unspecified atom stereocenters. The Balaban J connectivity index is 3.61. The molecule has 0 saturated carbocycles. The van der Waals surface area contributed by atoms with Gasteiger partial charge in [0.15, 0.2) is 0 Å². The summed E-state index contributed by atoms with van der Waals surface area (Å²) in [5.74, 6) is -0.759. The maximum absolute atomic E-state index is 11.4. The van der Waals surface area contributed by atoms with Crippen LogP contribution in [0.5, 0.6) is 0 Å². The number of ether oxygens (including phenoxy) is 1. The van der Waals surface area contributed by atoms with Crippen molar-refractivity contribution < 1.29 is 19.4 Å². The smallest absolute Gasteiger partial charge is 0.303 e. The Morgan fingerprint density at radius 3 is 2.59 bits per heavy atom. The quantitative estimate of drug-likeness (QED) is 0.530. The van der Waals surface area contributed by atoms with Gasteiger partial charge in [-0.3, -0.25) is 9.59 Å². The molecule has 0 aromatic heterocycles. The molecule has 2 atom stereocenters. The lowest BCUT2D eigenvalue weighted by molar-refractivity contribution is -0.137. The lowest BCUT2D eigenvalue weighted by Gasteiger charge is -2.13. The molecule has 17 heavy (non-hydrogen) atoms. The van der Waals surface area contributed by atoms with Crippen molar-refractivity contribution in [2.24, 2.45) is 11.7 Å². The van der Waals surface area contributed by atoms with Crippen LogP contribution in [0.2, 0.25) is 0 Å². The largest absolute Gasteiger partial charge is 0.481 e. The standard InChI is InChI=1S/C11H22N2O4/c1-8(3-4-10(14)15)5-6-13-11(16)9(12)7-17-2/h8-9H,3-7,12H2,1-2H3,(H,13,16)(H,14,15). The Morgan fingerprint density at radius 1 is 1.41 bits per heavy atom. The molecule has 0 radical (unpaired) electrons. The molecule has 0 aromatic carbocycles. The van der Waals surface area contributed by atoms with E-state index in [0.717, 1.165) is 6.42 Å². The van der Waals surface area contributed by atoms with Crippen molar-refractivity contribution in [3.8, 4) is 0 Å². The number of carboxylic acid groups (broad SMARTS) is 1. The highest BCUT2D eigenvalue weighted by Gasteiger charge is 2.12. The van der Waals surface area contributed by atoms with Gasteiger partial charge in [0.25, 0.3) is 0 Å². The number of hydrogen-bond donors (Lipinski definition) is 3. The third-order valence-corrected chi connectivity index (χ3v) is 2.47. The van der Waals surface area contributed by atoms with Crippen LogP contribution in [0.3, 0.4) is 0 Å². The number of carboxylic acids is 1. The molecule has 0 aliphatic heterocycles. The Kier molecular flexibility index (Phi) is 8.35. The summed E-state index contributed by atoms with van der Waals surface area (Å²) in [5.41, 5.74) is 5.53. The molecule has 0 aromatic rings. The average Bonchev–Trinajstić information content (AvgIpc) is 2.26. The van der Waals surface area contributed by atoms with Crippen LogP contribution < -0.4 is 11.1 Å². The van der Waals surface area contributed by atoms with Crippen LogP contribution >= 0.6 is 0 Å². The van der Waals surface area contributed by atoms with Crippen LogP contribution in [-0.4, -0.2) is 43.3 Å². The number of nitrogens with two attached hydrogens (primary N) is 1. The second-order valence-electron chi connectivity index (χ2n) is 4.18. The Bertz CT molecular complexity index is 246. The molecule has 0 aliphatic carbocycles. The van der Waals surface area contributed by atoms with Crippen molar-refractivity contribution >= 4 is 11.9 Å². The lowest BCUT2D eigenvalue weighted by Crippen LogP contribution is -2.43. The van der Waals surface area contributed by atoms with E-state index in [-0.39, 0.29) is 24.9 Å². The van der Waals surface area contributed by atoms with Gasteiger partial charge in [0, 0.05) is 20.1 Å². The van der Waals surface area contributed by atoms with E-state index in [1.807, 2.05) is 6.92 Å². The van der Waals surface area contributed by atoms with Crippen molar-refractivity contribution in [2.45, 2.75) is 32.2 Å². The molecule has 0 spiro atoms. The Morgan fingerprint density at radius 2 is 2.06 bits per heavy atom. The SMILES string of the molecule is COCC(N)C(=O)NCCC(C)CCC(=O)O. The first-order chi connectivity index (χ1) is 7.97. The summed E-state index contributed by atoms with van der Waals surface area (Å²) < 4.78 is 4.77. The zero-order chi connectivity index (χ0) is 13.3. The number of carbonyl (C=O) groups is 2. The van der Waals surface area contributed by atoms with E-state index in [1.54, 1.807) is 0 Å². The van der Waals surface area contributed by atoms with Crippen LogP contribution in [0.4, 0.5) is 0 Å². The highest BCUT2D eigenvalue weighted by atomic mass is 16.5. The topological polar surface area (TPSA) is 102 Å². The predicted molar refractivity (Wildman–Crippen MR) is 63.5 cm³/mol. The molecule has 1 amide bonds. The van der Waals surface area contributed by atoms with Crippen LogP contribution in [0.15, 0.2) is 0 Å². The lowest BCUT2D eigenvalue weighted by atomic mass is 10.0. The second-order valence-corrected chi connectivity index (χ2v) is 4.18. The minimum atomic E-state index is -0.789. The zero-order valence-electron chi connectivity index (χ0n) is 10.4. The molecular weight excluding hydrogens is 224 g/mol. The third-order valence-electron chi connectivity index (χ3n) is 2.47. The van der Waals surface area contributed by atoms with Gasteiger partial charge >= 0.3 is 5.97 Å². The van der Waals surface area contributed by atoms with Crippen LogP contribution in [0.25, 0.3) is 0 Å². The molecule has 0 saturated heterocycles. The first-order valence-electron chi connectivity index (χ1n) is 5.71. The van der Waals surface area contributed by atoms with E-state index in [2.05, 4.69) is 5.32 Å². The number of carbonyl (C=O) groups excluding carboxylic acids is 1. The first kappa shape index (κ1) is 15.9. The molecule has 6 heteroatoms. The number of hydrogen-bond acceptors (Lipinski definition) is 4. The van der Waals surface area contributed by atoms with Gasteiger partial charge in [0.05, 0.1) is 6.61 Å². The minimum Gasteiger partial charge on any atom is -0.481 e. The average molecular weight is 246 g/mol. The van der Waals surface area contributed by atoms with Crippen LogP contribution in [-0.2, 0) is 14.3 Å². The minimum absolute atomic E-state index is 0.165. The van der Waals surface area contributed by atoms with E-state index < -0.39 is 12.0 Å². The zero-order valence-corrected chi connectivity index (χ0v) is 10.4. The highest BCUT2D eigenvalue weighted by molar-refractivity contribution is 5.81. The van der Waals surface area contributed by atoms with Crippen molar-refractivity contribution in [1.29, 1.82) is 0 Å². The Hall–Kier alpha value is -1.14. The van der Waals surface area contributed by atoms with E-state index in [0.29, 0.717) is 13.0 Å². The molecule has 4 N–H and O–H groups in total. The molecular formula is C11H22N2O4. The number of rotatable bonds is 9. The maximum atomic E-state index is 11.4. The van der Waals surface area contributed by atoms with Crippen molar-refractivity contribution in [3.63, 3.8) is 0 Å². The van der Waals surface area contributed by atoms with Gasteiger partial charge in [0.1, 0.15) is 6.04 Å². The fourth-order valence-corrected chi connectivity index (χ4v) is 1.34. The van der Waals surface area contributed by atoms with Gasteiger partial charge in [-0.15, -0.1) is 0 Å². The molecule has 6 nitrogen and oxygen atoms in total. The summed E-state index contributed by atoms with van der Waals surface area (Å²) in [4.78, 5) is 21.7. The second kappa shape index (κ2) is 8.95. The molecule has 0 heterocycles. The number of methoxy groups -OCH3 is 1. The highest BCUT2D eigenvalue weighted by Crippen LogP contribution is 2.08. The fourth-order valence-electron chi connectivity index (χ4n) is 1.34. The molecule has 0 bridgehead atoms. The summed E-state index contributed by atoms with van der Waals surface area (Å²) in [6, 6.07) is -0.644. The van der Waals surface area contributed by atoms with Gasteiger partial charge in [0.2, 0.25) is 5.91 Å². The van der Waals surface area contributed by atoms with Crippen molar-refractivity contribution in [3.05, 3.63) is 0 Å². The maximum Gasteiger partial charge on any atom is 0.303 e. The summed E-state index contributed by atoms with van der Waals surface area (Å²) in [6.45, 7) is 2.67. The molecule has 100 valence electrons. The predicted octanol–water partition coefficient (Wildman–Crippen LogP) is -0.0327. The molecule has 0 aliphatic rings. The summed E-state index contributed by atoms with van der Waals surface area (Å²) >= 11 is 0. The normalized spacial score (nSPS) is 14.1. The molecule has 0 fully saturated rings. The van der Waals surface area contributed by atoms with Crippen LogP contribution in [0.1, 0.15) is 26.2 Å². The number of amides is 1. The monoisotopic (exact) mass is 246 g/mol. The van der Waals surface area contributed by atoms with Gasteiger partial charge in [-0.1, -0.05) is 6.92 Å². The molecule has 0 rings (SSSR count). The van der Waals surface area contributed by atoms with Crippen molar-refractivity contribution in [2.75, 3.05) is 20.3 Å². The summed E-state index contributed by atoms with van der Waals surface area (Å²) in [5, 5.41) is 11.2. The summed E-state index contributed by atoms with van der Waals surface area (Å²) in [7, 11) is 1.49. The van der Waals surface area contributed by atoms with E-state index in [4.69, 9.17) is 15.6 Å². The van der Waals surface area contributed by atoms with E-state index >= 15 is 0 Å². The number of nitrogens with one attached hydrogen (secondary N) is 1. The summed E-state index contributed by atoms with van der Waals surface area (Å²) in [6.07, 6.45) is 1.53. The van der Waals surface area contributed by atoms with Crippen molar-refractivity contribution in [1.82, 2.24) is 5.32 Å². The van der Waals surface area contributed by atoms with Gasteiger partial charge in [-0.05, 0) is 18.8 Å². The third kappa shape index (κ3) is 8.65. The van der Waals surface area contributed by atoms with Gasteiger partial charge < -0.3 is 20.9 Å². The van der Waals surface area contributed by atoms with Gasteiger partial charge in [-0.2, -0.15) is 0 Å². The van der Waals surface area contributed by atoms with E-state index in [9.17, 15) is 9.59 Å². The van der Waals surface area contributed by atoms with Crippen LogP contribution in [0, 0.1) is 5.92 Å². The number of aliphatic carboxylic acids is 1. The van der Waals surface area contributed by atoms with E-state index in [1.165, 1.54) is 7.11 Å². The van der Waals surface area contributed by atoms with Gasteiger partial charge in [-0.25, -0.2) is 0 Å².